The van der Waals surface area contributed by atoms with Gasteiger partial charge in [0.1, 0.15) is 5.82 Å². The van der Waals surface area contributed by atoms with Crippen LogP contribution < -0.4 is 10.6 Å². The van der Waals surface area contributed by atoms with Crippen molar-refractivity contribution >= 4 is 28.9 Å². The first-order valence-corrected chi connectivity index (χ1v) is 6.03. The molecule has 0 saturated heterocycles. The van der Waals surface area contributed by atoms with E-state index in [-0.39, 0.29) is 17.2 Å². The number of hydrogen-bond acceptors (Lipinski definition) is 2. The Hall–Kier alpha value is -2.07. The normalized spacial score (nSPS) is 10.1. The molecule has 0 aliphatic carbocycles. The second-order valence-electron chi connectivity index (χ2n) is 3.87. The minimum Gasteiger partial charge on any atom is -0.385 e. The summed E-state index contributed by atoms with van der Waals surface area (Å²) in [6.45, 7) is 0. The Labute approximate surface area is 115 Å². The van der Waals surface area contributed by atoms with E-state index in [0.29, 0.717) is 10.7 Å². The third-order valence-electron chi connectivity index (χ3n) is 2.61. The van der Waals surface area contributed by atoms with E-state index in [1.54, 1.807) is 37.4 Å². The number of carbonyl (C=O) groups excluding carboxylic acids is 1. The fraction of sp³-hybridized carbons (Fsp3) is 0.0714. The molecule has 0 unspecified atom stereocenters. The second-order valence-corrected chi connectivity index (χ2v) is 4.31. The van der Waals surface area contributed by atoms with E-state index in [4.69, 9.17) is 11.6 Å². The number of carbonyl (C=O) groups is 1. The van der Waals surface area contributed by atoms with Crippen LogP contribution >= 0.6 is 11.6 Å². The monoisotopic (exact) mass is 278 g/mol. The second kappa shape index (κ2) is 5.71. The summed E-state index contributed by atoms with van der Waals surface area (Å²) >= 11 is 5.76. The van der Waals surface area contributed by atoms with Gasteiger partial charge in [-0.1, -0.05) is 17.7 Å². The van der Waals surface area contributed by atoms with Crippen molar-refractivity contribution in [2.24, 2.45) is 0 Å². The zero-order valence-electron chi connectivity index (χ0n) is 10.2. The summed E-state index contributed by atoms with van der Waals surface area (Å²) < 4.78 is 13.5. The van der Waals surface area contributed by atoms with Crippen LogP contribution in [0.25, 0.3) is 0 Å². The first kappa shape index (κ1) is 13.4. The first-order valence-electron chi connectivity index (χ1n) is 5.65. The standard InChI is InChI=1S/C14H12ClFN2O/c1-17-13-11(3-2-4-12(13)16)14(19)18-10-7-5-9(15)6-8-10/h2-8,17H,1H3,(H,18,19). The number of benzene rings is 2. The quantitative estimate of drug-likeness (QED) is 0.897. The van der Waals surface area contributed by atoms with Gasteiger partial charge in [0.05, 0.1) is 11.3 Å². The number of hydrogen-bond donors (Lipinski definition) is 2. The van der Waals surface area contributed by atoms with E-state index >= 15 is 0 Å². The maximum atomic E-state index is 13.5. The SMILES string of the molecule is CNc1c(F)cccc1C(=O)Nc1ccc(Cl)cc1. The van der Waals surface area contributed by atoms with Gasteiger partial charge in [-0.3, -0.25) is 4.79 Å². The maximum Gasteiger partial charge on any atom is 0.257 e. The van der Waals surface area contributed by atoms with Gasteiger partial charge in [0.15, 0.2) is 0 Å². The Kier molecular flexibility index (Phi) is 4.02. The van der Waals surface area contributed by atoms with Crippen LogP contribution in [0.5, 0.6) is 0 Å². The molecule has 2 rings (SSSR count). The number of halogens is 2. The van der Waals surface area contributed by atoms with Gasteiger partial charge in [0, 0.05) is 17.8 Å². The van der Waals surface area contributed by atoms with Gasteiger partial charge in [0.2, 0.25) is 0 Å². The lowest BCUT2D eigenvalue weighted by Gasteiger charge is -2.10. The van der Waals surface area contributed by atoms with Crippen LogP contribution in [0.15, 0.2) is 42.5 Å². The number of anilines is 2. The molecule has 98 valence electrons. The fourth-order valence-electron chi connectivity index (χ4n) is 1.70. The Balaban J connectivity index is 2.25. The molecule has 0 aliphatic heterocycles. The minimum atomic E-state index is -0.466. The predicted octanol–water partition coefficient (Wildman–Crippen LogP) is 3.77. The lowest BCUT2D eigenvalue weighted by molar-refractivity contribution is 0.102. The smallest absolute Gasteiger partial charge is 0.257 e. The van der Waals surface area contributed by atoms with E-state index in [2.05, 4.69) is 10.6 Å². The van der Waals surface area contributed by atoms with Gasteiger partial charge >= 0.3 is 0 Å². The molecule has 0 radical (unpaired) electrons. The molecule has 0 aromatic heterocycles. The molecule has 0 atom stereocenters. The summed E-state index contributed by atoms with van der Waals surface area (Å²) in [5, 5.41) is 5.95. The molecule has 3 nitrogen and oxygen atoms in total. The molecule has 0 spiro atoms. The van der Waals surface area contributed by atoms with E-state index in [9.17, 15) is 9.18 Å². The first-order chi connectivity index (χ1) is 9.11. The Morgan fingerprint density at radius 2 is 1.84 bits per heavy atom. The van der Waals surface area contributed by atoms with Crippen LogP contribution in [0, 0.1) is 5.82 Å². The highest BCUT2D eigenvalue weighted by molar-refractivity contribution is 6.30. The molecule has 19 heavy (non-hydrogen) atoms. The van der Waals surface area contributed by atoms with Crippen LogP contribution in [0.3, 0.4) is 0 Å². The number of rotatable bonds is 3. The average molecular weight is 279 g/mol. The lowest BCUT2D eigenvalue weighted by Crippen LogP contribution is -2.14. The highest BCUT2D eigenvalue weighted by Gasteiger charge is 2.14. The van der Waals surface area contributed by atoms with Crippen molar-refractivity contribution in [3.63, 3.8) is 0 Å². The molecule has 1 amide bonds. The van der Waals surface area contributed by atoms with Crippen LogP contribution in [0.4, 0.5) is 15.8 Å². The van der Waals surface area contributed by atoms with Crippen molar-refractivity contribution in [1.29, 1.82) is 0 Å². The molecule has 2 aromatic carbocycles. The third-order valence-corrected chi connectivity index (χ3v) is 2.86. The third kappa shape index (κ3) is 3.03. The average Bonchev–Trinajstić information content (AvgIpc) is 2.41. The summed E-state index contributed by atoms with van der Waals surface area (Å²) in [4.78, 5) is 12.1. The van der Waals surface area contributed by atoms with Gasteiger partial charge < -0.3 is 10.6 Å². The van der Waals surface area contributed by atoms with Gasteiger partial charge in [-0.05, 0) is 36.4 Å². The van der Waals surface area contributed by atoms with E-state index in [1.807, 2.05) is 0 Å². The summed E-state index contributed by atoms with van der Waals surface area (Å²) in [6.07, 6.45) is 0. The Bertz CT molecular complexity index is 599. The van der Waals surface area contributed by atoms with Gasteiger partial charge in [0.25, 0.3) is 5.91 Å². The molecule has 0 heterocycles. The molecule has 5 heteroatoms. The van der Waals surface area contributed by atoms with Crippen molar-refractivity contribution in [3.05, 3.63) is 58.9 Å². The van der Waals surface area contributed by atoms with Crippen LogP contribution in [-0.2, 0) is 0 Å². The molecule has 2 aromatic rings. The van der Waals surface area contributed by atoms with Crippen molar-refractivity contribution in [1.82, 2.24) is 0 Å². The van der Waals surface area contributed by atoms with Crippen LogP contribution in [-0.4, -0.2) is 13.0 Å². The number of amides is 1. The molecular formula is C14H12ClFN2O. The van der Waals surface area contributed by atoms with Gasteiger partial charge in [-0.25, -0.2) is 4.39 Å². The molecular weight excluding hydrogens is 267 g/mol. The molecule has 0 fully saturated rings. The van der Waals surface area contributed by atoms with E-state index in [0.717, 1.165) is 0 Å². The van der Waals surface area contributed by atoms with Crippen molar-refractivity contribution in [2.75, 3.05) is 17.7 Å². The number of nitrogens with one attached hydrogen (secondary N) is 2. The lowest BCUT2D eigenvalue weighted by atomic mass is 10.1. The van der Waals surface area contributed by atoms with Crippen molar-refractivity contribution in [2.45, 2.75) is 0 Å². The zero-order chi connectivity index (χ0) is 13.8. The summed E-state index contributed by atoms with van der Waals surface area (Å²) in [7, 11) is 1.57. The summed E-state index contributed by atoms with van der Waals surface area (Å²) in [5.74, 6) is -0.850. The molecule has 0 aliphatic rings. The zero-order valence-corrected chi connectivity index (χ0v) is 11.0. The Morgan fingerprint density at radius 3 is 2.47 bits per heavy atom. The molecule has 2 N–H and O–H groups in total. The van der Waals surface area contributed by atoms with Crippen molar-refractivity contribution in [3.8, 4) is 0 Å². The highest BCUT2D eigenvalue weighted by atomic mass is 35.5. The maximum absolute atomic E-state index is 13.5. The van der Waals surface area contributed by atoms with Crippen LogP contribution in [0.2, 0.25) is 5.02 Å². The minimum absolute atomic E-state index is 0.175. The van der Waals surface area contributed by atoms with Crippen LogP contribution in [0.1, 0.15) is 10.4 Å². The largest absolute Gasteiger partial charge is 0.385 e. The number of para-hydroxylation sites is 1. The van der Waals surface area contributed by atoms with E-state index < -0.39 is 5.82 Å². The molecule has 0 saturated carbocycles. The van der Waals surface area contributed by atoms with Crippen molar-refractivity contribution < 1.29 is 9.18 Å². The summed E-state index contributed by atoms with van der Waals surface area (Å²) in [6, 6.07) is 11.0. The van der Waals surface area contributed by atoms with E-state index in [1.165, 1.54) is 12.1 Å². The van der Waals surface area contributed by atoms with Gasteiger partial charge in [-0.2, -0.15) is 0 Å². The highest BCUT2D eigenvalue weighted by Crippen LogP contribution is 2.21. The summed E-state index contributed by atoms with van der Waals surface area (Å²) in [5.41, 5.74) is 1.02. The predicted molar refractivity (Wildman–Crippen MR) is 75.4 cm³/mol. The fourth-order valence-corrected chi connectivity index (χ4v) is 1.83. The topological polar surface area (TPSA) is 41.1 Å². The molecule has 0 bridgehead atoms. The van der Waals surface area contributed by atoms with Gasteiger partial charge in [-0.15, -0.1) is 0 Å². The Morgan fingerprint density at radius 1 is 1.16 bits per heavy atom.